The van der Waals surface area contributed by atoms with Gasteiger partial charge >= 0.3 is 0 Å². The van der Waals surface area contributed by atoms with E-state index in [1.165, 1.54) is 0 Å². The quantitative estimate of drug-likeness (QED) is 0.234. The molecule has 0 aliphatic heterocycles. The van der Waals surface area contributed by atoms with Gasteiger partial charge in [0.15, 0.2) is 0 Å². The highest BCUT2D eigenvalue weighted by molar-refractivity contribution is 6.32. The van der Waals surface area contributed by atoms with E-state index >= 15 is 0 Å². The molecule has 0 aliphatic rings. The van der Waals surface area contributed by atoms with Crippen molar-refractivity contribution < 1.29 is 10.2 Å². The Morgan fingerprint density at radius 3 is 1.38 bits per heavy atom. The molecule has 7 aromatic rings. The van der Waals surface area contributed by atoms with Crippen LogP contribution in [-0.2, 0) is 13.1 Å². The van der Waals surface area contributed by atoms with Gasteiger partial charge in [0.2, 0.25) is 0 Å². The molecule has 2 N–H and O–H groups in total. The summed E-state index contributed by atoms with van der Waals surface area (Å²) in [5, 5.41) is 25.3. The SMILES string of the molecule is C#CCn1c2ccccc2c2c(-c3cccc(O)c3)c3c(c(-c4cccc(O)c4)c21)c1ccccc1n3CC#C. The van der Waals surface area contributed by atoms with E-state index in [9.17, 15) is 10.2 Å². The average Bonchev–Trinajstić information content (AvgIpc) is 3.46. The topological polar surface area (TPSA) is 50.3 Å². The molecule has 0 fully saturated rings. The fraction of sp³-hybridized carbons (Fsp3) is 0.0556. The summed E-state index contributed by atoms with van der Waals surface area (Å²) in [6.07, 6.45) is 11.9. The molecule has 0 radical (unpaired) electrons. The van der Waals surface area contributed by atoms with Crippen LogP contribution in [0.4, 0.5) is 0 Å². The lowest BCUT2D eigenvalue weighted by Gasteiger charge is -2.17. The number of hydrogen-bond acceptors (Lipinski definition) is 2. The molecule has 4 nitrogen and oxygen atoms in total. The Morgan fingerprint density at radius 1 is 0.550 bits per heavy atom. The lowest BCUT2D eigenvalue weighted by molar-refractivity contribution is 0.475. The predicted octanol–water partition coefficient (Wildman–Crippen LogP) is 7.91. The standard InChI is InChI=1S/C36H24N2O2/c1-3-19-37-29-17-7-5-15-27(29)33-32(24-12-10-14-26(40)22-24)36-34(28-16-6-8-18-30(28)38(36)20-4-2)31(35(33)37)23-11-9-13-25(39)21-23/h1-2,5-18,21-22,39-40H,19-20H2. The summed E-state index contributed by atoms with van der Waals surface area (Å²) < 4.78 is 4.37. The van der Waals surface area contributed by atoms with Crippen LogP contribution in [0.1, 0.15) is 0 Å². The van der Waals surface area contributed by atoms with E-state index < -0.39 is 0 Å². The molecule has 0 amide bonds. The highest BCUT2D eigenvalue weighted by Gasteiger charge is 2.27. The minimum atomic E-state index is 0.183. The van der Waals surface area contributed by atoms with Crippen LogP contribution in [0.15, 0.2) is 97.1 Å². The van der Waals surface area contributed by atoms with Gasteiger partial charge in [0, 0.05) is 32.7 Å². The van der Waals surface area contributed by atoms with Crippen LogP contribution in [-0.4, -0.2) is 19.3 Å². The predicted molar refractivity (Wildman–Crippen MR) is 164 cm³/mol. The fourth-order valence-electron chi connectivity index (χ4n) is 6.27. The van der Waals surface area contributed by atoms with E-state index in [1.54, 1.807) is 24.3 Å². The third-order valence-corrected chi connectivity index (χ3v) is 7.68. The molecule has 2 aromatic heterocycles. The molecule has 4 heteroatoms. The van der Waals surface area contributed by atoms with Crippen LogP contribution in [0, 0.1) is 24.7 Å². The zero-order valence-corrected chi connectivity index (χ0v) is 21.6. The number of hydrogen-bond donors (Lipinski definition) is 2. The lowest BCUT2D eigenvalue weighted by atomic mass is 9.89. The molecule has 0 spiro atoms. The zero-order chi connectivity index (χ0) is 27.4. The molecule has 0 aliphatic carbocycles. The van der Waals surface area contributed by atoms with Crippen LogP contribution in [0.2, 0.25) is 0 Å². The largest absolute Gasteiger partial charge is 0.508 e. The molecule has 0 unspecified atom stereocenters. The highest BCUT2D eigenvalue weighted by atomic mass is 16.3. The number of terminal acetylenes is 2. The van der Waals surface area contributed by atoms with Gasteiger partial charge in [0.05, 0.1) is 35.2 Å². The summed E-state index contributed by atoms with van der Waals surface area (Å²) in [7, 11) is 0. The highest BCUT2D eigenvalue weighted by Crippen LogP contribution is 2.51. The second kappa shape index (κ2) is 9.02. The van der Waals surface area contributed by atoms with Crippen molar-refractivity contribution in [2.45, 2.75) is 13.1 Å². The van der Waals surface area contributed by atoms with Crippen molar-refractivity contribution in [2.75, 3.05) is 0 Å². The number of para-hydroxylation sites is 2. The van der Waals surface area contributed by atoms with Crippen molar-refractivity contribution >= 4 is 43.6 Å². The smallest absolute Gasteiger partial charge is 0.116 e. The van der Waals surface area contributed by atoms with E-state index in [0.717, 1.165) is 65.9 Å². The van der Waals surface area contributed by atoms with Crippen molar-refractivity contribution in [3.8, 4) is 58.4 Å². The number of aromatic hydroxyl groups is 2. The van der Waals surface area contributed by atoms with Crippen molar-refractivity contribution in [3.63, 3.8) is 0 Å². The molecule has 0 saturated carbocycles. The number of benzene rings is 5. The Hall–Kier alpha value is -5.58. The first kappa shape index (κ1) is 23.5. The first-order chi connectivity index (χ1) is 19.6. The van der Waals surface area contributed by atoms with E-state index in [2.05, 4.69) is 45.2 Å². The minimum Gasteiger partial charge on any atom is -0.508 e. The van der Waals surface area contributed by atoms with Gasteiger partial charge in [-0.15, -0.1) is 12.8 Å². The third kappa shape index (κ3) is 3.30. The minimum absolute atomic E-state index is 0.183. The number of fused-ring (bicyclic) bond motifs is 6. The Kier molecular flexibility index (Phi) is 5.30. The number of aromatic nitrogens is 2. The van der Waals surface area contributed by atoms with Crippen molar-refractivity contribution in [2.24, 2.45) is 0 Å². The van der Waals surface area contributed by atoms with Crippen molar-refractivity contribution in [1.82, 2.24) is 9.13 Å². The molecular formula is C36H24N2O2. The van der Waals surface area contributed by atoms with E-state index in [4.69, 9.17) is 12.8 Å². The van der Waals surface area contributed by atoms with Crippen LogP contribution in [0.25, 0.3) is 65.9 Å². The maximum atomic E-state index is 10.6. The van der Waals surface area contributed by atoms with Gasteiger partial charge in [0.1, 0.15) is 11.5 Å². The van der Waals surface area contributed by atoms with Gasteiger partial charge in [-0.05, 0) is 47.5 Å². The van der Waals surface area contributed by atoms with E-state index in [1.807, 2.05) is 48.5 Å². The Labute approximate surface area is 231 Å². The summed E-state index contributed by atoms with van der Waals surface area (Å²) in [6, 6.07) is 31.2. The Balaban J connectivity index is 1.90. The number of phenols is 2. The van der Waals surface area contributed by atoms with Crippen LogP contribution in [0.3, 0.4) is 0 Å². The second-order valence-corrected chi connectivity index (χ2v) is 9.91. The molecular weight excluding hydrogens is 492 g/mol. The maximum absolute atomic E-state index is 10.6. The molecule has 0 saturated heterocycles. The Morgan fingerprint density at radius 2 is 0.975 bits per heavy atom. The summed E-state index contributed by atoms with van der Waals surface area (Å²) in [5.74, 6) is 6.10. The van der Waals surface area contributed by atoms with Gasteiger partial charge in [-0.2, -0.15) is 0 Å². The summed E-state index contributed by atoms with van der Waals surface area (Å²) in [6.45, 7) is 0.730. The van der Waals surface area contributed by atoms with Gasteiger partial charge in [-0.1, -0.05) is 72.5 Å². The molecule has 0 bridgehead atoms. The summed E-state index contributed by atoms with van der Waals surface area (Å²) in [5.41, 5.74) is 7.67. The number of phenolic OH excluding ortho intramolecular Hbond substituents is 2. The van der Waals surface area contributed by atoms with E-state index in [0.29, 0.717) is 13.1 Å². The second-order valence-electron chi connectivity index (χ2n) is 9.91. The van der Waals surface area contributed by atoms with E-state index in [-0.39, 0.29) is 11.5 Å². The lowest BCUT2D eigenvalue weighted by Crippen LogP contribution is -2.00. The van der Waals surface area contributed by atoms with Crippen LogP contribution < -0.4 is 0 Å². The average molecular weight is 517 g/mol. The Bertz CT molecular complexity index is 2060. The molecule has 190 valence electrons. The summed E-state index contributed by atoms with van der Waals surface area (Å²) >= 11 is 0. The molecule has 0 atom stereocenters. The molecule has 40 heavy (non-hydrogen) atoms. The van der Waals surface area contributed by atoms with Crippen molar-refractivity contribution in [1.29, 1.82) is 0 Å². The monoisotopic (exact) mass is 516 g/mol. The van der Waals surface area contributed by atoms with Gasteiger partial charge in [0.25, 0.3) is 0 Å². The summed E-state index contributed by atoms with van der Waals surface area (Å²) in [4.78, 5) is 0. The molecule has 2 heterocycles. The third-order valence-electron chi connectivity index (χ3n) is 7.68. The molecule has 5 aromatic carbocycles. The maximum Gasteiger partial charge on any atom is 0.116 e. The fourth-order valence-corrected chi connectivity index (χ4v) is 6.27. The van der Waals surface area contributed by atoms with Crippen molar-refractivity contribution in [3.05, 3.63) is 97.1 Å². The number of rotatable bonds is 4. The van der Waals surface area contributed by atoms with Gasteiger partial charge < -0.3 is 19.3 Å². The first-order valence-corrected chi connectivity index (χ1v) is 13.1. The normalized spacial score (nSPS) is 11.3. The molecule has 7 rings (SSSR count). The van der Waals surface area contributed by atoms with Crippen LogP contribution in [0.5, 0.6) is 11.5 Å². The number of nitrogens with zero attached hydrogens (tertiary/aromatic N) is 2. The van der Waals surface area contributed by atoms with Gasteiger partial charge in [-0.3, -0.25) is 0 Å². The van der Waals surface area contributed by atoms with Gasteiger partial charge in [-0.25, -0.2) is 0 Å². The first-order valence-electron chi connectivity index (χ1n) is 13.1. The van der Waals surface area contributed by atoms with Crippen LogP contribution >= 0.6 is 0 Å². The zero-order valence-electron chi connectivity index (χ0n) is 21.6.